The van der Waals surface area contributed by atoms with Crippen LogP contribution in [0.15, 0.2) is 24.3 Å². The molecule has 0 fully saturated rings. The fraction of sp³-hybridized carbons (Fsp3) is 0. The van der Waals surface area contributed by atoms with Crippen LogP contribution in [0.4, 0.5) is 12.9 Å². The van der Waals surface area contributed by atoms with Gasteiger partial charge in [0.25, 0.3) is 0 Å². The molecular weight excluding hydrogens is 195 g/mol. The second-order valence-electron chi connectivity index (χ2n) is 1.51. The first-order valence-electron chi connectivity index (χ1n) is 2.70. The average molecular weight is 200 g/mol. The summed E-state index contributed by atoms with van der Waals surface area (Å²) in [5.74, 6) is 0.291. The zero-order valence-corrected chi connectivity index (χ0v) is 9.59. The first kappa shape index (κ1) is 15.0. The van der Waals surface area contributed by atoms with Crippen LogP contribution in [0.25, 0.3) is 0 Å². The first-order chi connectivity index (χ1) is 5.13. The second-order valence-corrected chi connectivity index (χ2v) is 1.51. The van der Waals surface area contributed by atoms with Gasteiger partial charge in [0.15, 0.2) is 0 Å². The van der Waals surface area contributed by atoms with Crippen molar-refractivity contribution in [3.63, 3.8) is 0 Å². The van der Waals surface area contributed by atoms with E-state index in [-0.39, 0.29) is 51.4 Å². The van der Waals surface area contributed by atoms with Gasteiger partial charge in [-0.05, 0) is 0 Å². The van der Waals surface area contributed by atoms with Crippen LogP contribution in [0.1, 0.15) is 0 Å². The molecule has 1 rings (SSSR count). The number of aromatic hydroxyl groups is 1. The molecule has 1 nitrogen and oxygen atoms in total. The summed E-state index contributed by atoms with van der Waals surface area (Å²) in [6.45, 7) is 0. The Morgan fingerprint density at radius 2 is 1.50 bits per heavy atom. The monoisotopic (exact) mass is 200 g/mol. The van der Waals surface area contributed by atoms with Gasteiger partial charge in [-0.25, -0.2) is 0 Å². The van der Waals surface area contributed by atoms with E-state index in [1.54, 1.807) is 24.3 Å². The topological polar surface area (TPSA) is 20.2 Å². The normalized spacial score (nSPS) is 7.25. The van der Waals surface area contributed by atoms with Crippen molar-refractivity contribution in [2.24, 2.45) is 0 Å². The molecule has 0 heterocycles. The minimum Gasteiger partial charge on any atom is -0.533 e. The van der Waals surface area contributed by atoms with Crippen molar-refractivity contribution >= 4 is 7.54 Å². The predicted molar refractivity (Wildman–Crippen MR) is 36.0 cm³/mol. The third-order valence-electron chi connectivity index (χ3n) is 0.701. The van der Waals surface area contributed by atoms with Gasteiger partial charge in [-0.1, -0.05) is 0 Å². The van der Waals surface area contributed by atoms with Crippen LogP contribution < -0.4 is 51.4 Å². The summed E-state index contributed by atoms with van der Waals surface area (Å²) in [5, 5.41) is 8.61. The number of halogens is 3. The van der Waals surface area contributed by atoms with Crippen LogP contribution in [-0.4, -0.2) is 12.7 Å². The van der Waals surface area contributed by atoms with Crippen molar-refractivity contribution in [1.29, 1.82) is 0 Å². The van der Waals surface area contributed by atoms with E-state index in [4.69, 9.17) is 5.11 Å². The molecule has 0 radical (unpaired) electrons. The molecular formula is C6H5BF3KO. The fourth-order valence-corrected chi connectivity index (χ4v) is 0.378. The van der Waals surface area contributed by atoms with Crippen molar-refractivity contribution in [3.05, 3.63) is 30.3 Å². The maximum absolute atomic E-state index is 9.67. The quantitative estimate of drug-likeness (QED) is 0.424. The van der Waals surface area contributed by atoms with Crippen molar-refractivity contribution in [2.75, 3.05) is 0 Å². The zero-order valence-electron chi connectivity index (χ0n) is 6.47. The van der Waals surface area contributed by atoms with Gasteiger partial charge in [-0.2, -0.15) is 18.2 Å². The number of phenols is 1. The predicted octanol–water partition coefficient (Wildman–Crippen LogP) is -0.924. The number of benzene rings is 1. The van der Waals surface area contributed by atoms with Crippen LogP contribution in [0.2, 0.25) is 0 Å². The molecule has 0 aliphatic heterocycles. The van der Waals surface area contributed by atoms with Gasteiger partial charge >= 0.3 is 58.9 Å². The molecule has 0 aliphatic carbocycles. The van der Waals surface area contributed by atoms with E-state index in [0.29, 0.717) is 5.75 Å². The smallest absolute Gasteiger partial charge is 0.533 e. The summed E-state index contributed by atoms with van der Waals surface area (Å²) < 4.78 is 29.0. The summed E-state index contributed by atoms with van der Waals surface area (Å²) in [6, 6.07) is 9.26. The Balaban J connectivity index is 0. The molecule has 0 saturated heterocycles. The van der Waals surface area contributed by atoms with Gasteiger partial charge in [-0.3, -0.25) is 12.9 Å². The minimum absolute atomic E-state index is 0. The maximum atomic E-state index is 9.67. The van der Waals surface area contributed by atoms with E-state index in [1.807, 2.05) is 0 Å². The van der Waals surface area contributed by atoms with Gasteiger partial charge in [0.2, 0.25) is 0 Å². The number of hydrogen-bond acceptors (Lipinski definition) is 1. The molecule has 0 aliphatic rings. The number of hydrogen-bond donors (Lipinski definition) is 1. The first-order valence-corrected chi connectivity index (χ1v) is 2.70. The van der Waals surface area contributed by atoms with Crippen molar-refractivity contribution in [2.45, 2.75) is 0 Å². The van der Waals surface area contributed by atoms with Crippen LogP contribution >= 0.6 is 0 Å². The minimum atomic E-state index is -3.67. The van der Waals surface area contributed by atoms with Gasteiger partial charge < -0.3 is 5.11 Å². The summed E-state index contributed by atoms with van der Waals surface area (Å²) in [4.78, 5) is 0. The summed E-state index contributed by atoms with van der Waals surface area (Å²) >= 11 is 0. The van der Waals surface area contributed by atoms with E-state index < -0.39 is 7.54 Å². The van der Waals surface area contributed by atoms with Crippen molar-refractivity contribution in [1.82, 2.24) is 0 Å². The summed E-state index contributed by atoms with van der Waals surface area (Å²) in [5.41, 5.74) is 0. The molecule has 12 heavy (non-hydrogen) atoms. The average Bonchev–Trinajstić information content (AvgIpc) is 1.87. The van der Waals surface area contributed by atoms with Crippen LogP contribution in [0, 0.1) is 6.07 Å². The van der Waals surface area contributed by atoms with Crippen molar-refractivity contribution < 1.29 is 69.4 Å². The third kappa shape index (κ3) is 13.1. The standard InChI is InChI=1S/C6H5O.BF3.K/c7-6-4-2-1-3-5-6;2-1(3)4;/h2-5,7H;;/q-1;;+1. The Morgan fingerprint density at radius 3 is 1.67 bits per heavy atom. The Hall–Kier alpha value is 0.511. The Labute approximate surface area is 112 Å². The molecule has 0 bridgehead atoms. The van der Waals surface area contributed by atoms with E-state index in [1.165, 1.54) is 0 Å². The number of rotatable bonds is 0. The molecule has 0 aromatic heterocycles. The molecule has 0 amide bonds. The molecule has 60 valence electrons. The van der Waals surface area contributed by atoms with E-state index in [0.717, 1.165) is 0 Å². The van der Waals surface area contributed by atoms with E-state index in [9.17, 15) is 12.9 Å². The SMILES string of the molecule is FB(F)F.Oc1cc[c-]cc1.[K+]. The molecule has 6 heteroatoms. The van der Waals surface area contributed by atoms with Crippen LogP contribution in [0.5, 0.6) is 5.75 Å². The second kappa shape index (κ2) is 9.60. The van der Waals surface area contributed by atoms with Crippen LogP contribution in [-0.2, 0) is 0 Å². The third-order valence-corrected chi connectivity index (χ3v) is 0.701. The van der Waals surface area contributed by atoms with E-state index >= 15 is 0 Å². The summed E-state index contributed by atoms with van der Waals surface area (Å²) in [6.07, 6.45) is 0. The van der Waals surface area contributed by atoms with Gasteiger partial charge in [-0.15, -0.1) is 12.1 Å². The Kier molecular flexibility index (Phi) is 12.0. The van der Waals surface area contributed by atoms with Gasteiger partial charge in [0, 0.05) is 5.75 Å². The molecule has 0 spiro atoms. The summed E-state index contributed by atoms with van der Waals surface area (Å²) in [7, 11) is -3.67. The Morgan fingerprint density at radius 1 is 1.17 bits per heavy atom. The fourth-order valence-electron chi connectivity index (χ4n) is 0.378. The molecule has 0 saturated carbocycles. The Bertz CT molecular complexity index is 183. The molecule has 0 atom stereocenters. The van der Waals surface area contributed by atoms with Crippen LogP contribution in [0.3, 0.4) is 0 Å². The van der Waals surface area contributed by atoms with Gasteiger partial charge in [0.05, 0.1) is 0 Å². The zero-order chi connectivity index (χ0) is 8.69. The molecule has 1 aromatic carbocycles. The molecule has 0 unspecified atom stereocenters. The number of phenolic OH excluding ortho intramolecular Hbond substituents is 1. The van der Waals surface area contributed by atoms with Crippen molar-refractivity contribution in [3.8, 4) is 5.75 Å². The maximum Gasteiger partial charge on any atom is 1.00 e. The molecule has 1 aromatic rings. The largest absolute Gasteiger partial charge is 1.00 e. The van der Waals surface area contributed by atoms with Gasteiger partial charge in [0.1, 0.15) is 0 Å². The van der Waals surface area contributed by atoms with E-state index in [2.05, 4.69) is 6.07 Å². The molecule has 1 N–H and O–H groups in total.